The van der Waals surface area contributed by atoms with Gasteiger partial charge in [0.05, 0.1) is 0 Å². The summed E-state index contributed by atoms with van der Waals surface area (Å²) in [5, 5.41) is 3.77. The van der Waals surface area contributed by atoms with Crippen LogP contribution in [-0.4, -0.2) is 6.04 Å². The topological polar surface area (TPSA) is 35.2 Å². The number of benzene rings is 1. The normalized spacial score (nSPS) is 14.2. The SMILES string of the molecule is CC(N)C(Oc1cccc(F)c1F)c1ccsc1. The van der Waals surface area contributed by atoms with Crippen molar-refractivity contribution in [2.24, 2.45) is 5.73 Å². The van der Waals surface area contributed by atoms with E-state index in [4.69, 9.17) is 10.5 Å². The average Bonchev–Trinajstić information content (AvgIpc) is 2.84. The van der Waals surface area contributed by atoms with Crippen LogP contribution in [0.5, 0.6) is 5.75 Å². The molecule has 96 valence electrons. The fourth-order valence-corrected chi connectivity index (χ4v) is 2.31. The van der Waals surface area contributed by atoms with Crippen LogP contribution in [0.2, 0.25) is 0 Å². The van der Waals surface area contributed by atoms with Gasteiger partial charge in [-0.25, -0.2) is 4.39 Å². The molecule has 18 heavy (non-hydrogen) atoms. The zero-order valence-electron chi connectivity index (χ0n) is 9.77. The maximum absolute atomic E-state index is 13.5. The lowest BCUT2D eigenvalue weighted by atomic mass is 10.1. The van der Waals surface area contributed by atoms with Gasteiger partial charge < -0.3 is 10.5 Å². The third-order valence-corrected chi connectivity index (χ3v) is 3.22. The maximum Gasteiger partial charge on any atom is 0.200 e. The van der Waals surface area contributed by atoms with E-state index in [9.17, 15) is 8.78 Å². The molecule has 2 unspecified atom stereocenters. The number of halogens is 2. The van der Waals surface area contributed by atoms with Crippen molar-refractivity contribution in [3.63, 3.8) is 0 Å². The molecule has 0 radical (unpaired) electrons. The van der Waals surface area contributed by atoms with Gasteiger partial charge in [0.2, 0.25) is 5.82 Å². The number of ether oxygens (including phenoxy) is 1. The Morgan fingerprint density at radius 3 is 2.67 bits per heavy atom. The Morgan fingerprint density at radius 1 is 1.28 bits per heavy atom. The highest BCUT2D eigenvalue weighted by atomic mass is 32.1. The Bertz CT molecular complexity index is 514. The first-order chi connectivity index (χ1) is 8.59. The van der Waals surface area contributed by atoms with Crippen molar-refractivity contribution in [1.82, 2.24) is 0 Å². The van der Waals surface area contributed by atoms with Crippen LogP contribution in [-0.2, 0) is 0 Å². The number of hydrogen-bond donors (Lipinski definition) is 1. The fourth-order valence-electron chi connectivity index (χ4n) is 1.63. The molecule has 2 nitrogen and oxygen atoms in total. The second-order valence-corrected chi connectivity index (χ2v) is 4.79. The number of thiophene rings is 1. The molecule has 1 aromatic carbocycles. The van der Waals surface area contributed by atoms with Crippen LogP contribution in [0.4, 0.5) is 8.78 Å². The van der Waals surface area contributed by atoms with E-state index in [2.05, 4.69) is 0 Å². The molecule has 0 spiro atoms. The molecule has 2 atom stereocenters. The van der Waals surface area contributed by atoms with Crippen LogP contribution >= 0.6 is 11.3 Å². The first kappa shape index (κ1) is 13.0. The molecule has 0 amide bonds. The van der Waals surface area contributed by atoms with Crippen molar-refractivity contribution < 1.29 is 13.5 Å². The predicted molar refractivity (Wildman–Crippen MR) is 67.7 cm³/mol. The Morgan fingerprint density at radius 2 is 2.06 bits per heavy atom. The number of hydrogen-bond acceptors (Lipinski definition) is 3. The zero-order chi connectivity index (χ0) is 13.1. The van der Waals surface area contributed by atoms with Gasteiger partial charge in [0.25, 0.3) is 0 Å². The van der Waals surface area contributed by atoms with E-state index in [1.807, 2.05) is 16.8 Å². The van der Waals surface area contributed by atoms with Gasteiger partial charge in [0.1, 0.15) is 6.10 Å². The van der Waals surface area contributed by atoms with Gasteiger partial charge in [-0.1, -0.05) is 6.07 Å². The lowest BCUT2D eigenvalue weighted by Gasteiger charge is -2.22. The summed E-state index contributed by atoms with van der Waals surface area (Å²) in [6, 6.07) is 5.37. The molecule has 0 fully saturated rings. The average molecular weight is 269 g/mol. The van der Waals surface area contributed by atoms with Crippen molar-refractivity contribution in [3.8, 4) is 5.75 Å². The Balaban J connectivity index is 2.27. The van der Waals surface area contributed by atoms with E-state index in [-0.39, 0.29) is 11.8 Å². The summed E-state index contributed by atoms with van der Waals surface area (Å²) >= 11 is 1.50. The Labute approximate surface area is 108 Å². The molecule has 0 aliphatic heterocycles. The van der Waals surface area contributed by atoms with E-state index in [0.717, 1.165) is 11.6 Å². The van der Waals surface area contributed by atoms with E-state index in [1.54, 1.807) is 6.92 Å². The molecule has 1 heterocycles. The monoisotopic (exact) mass is 269 g/mol. The molecular weight excluding hydrogens is 256 g/mol. The molecular formula is C13H13F2NOS. The van der Waals surface area contributed by atoms with Gasteiger partial charge >= 0.3 is 0 Å². The first-order valence-electron chi connectivity index (χ1n) is 5.48. The molecule has 2 aromatic rings. The van der Waals surface area contributed by atoms with E-state index in [0.29, 0.717) is 0 Å². The Hall–Kier alpha value is -1.46. The molecule has 2 rings (SSSR count). The van der Waals surface area contributed by atoms with Crippen LogP contribution in [0.1, 0.15) is 18.6 Å². The summed E-state index contributed by atoms with van der Waals surface area (Å²) in [5.41, 5.74) is 6.69. The van der Waals surface area contributed by atoms with Crippen molar-refractivity contribution in [3.05, 3.63) is 52.2 Å². The standard InChI is InChI=1S/C13H13F2NOS/c1-8(16)13(9-5-6-18-7-9)17-11-4-2-3-10(14)12(11)15/h2-8,13H,16H2,1H3. The van der Waals surface area contributed by atoms with Crippen LogP contribution in [0.25, 0.3) is 0 Å². The zero-order valence-corrected chi connectivity index (χ0v) is 10.6. The minimum absolute atomic E-state index is 0.122. The fraction of sp³-hybridized carbons (Fsp3) is 0.231. The van der Waals surface area contributed by atoms with Gasteiger partial charge in [-0.3, -0.25) is 0 Å². The third-order valence-electron chi connectivity index (χ3n) is 2.52. The molecule has 1 aromatic heterocycles. The largest absolute Gasteiger partial charge is 0.481 e. The predicted octanol–water partition coefficient (Wildman–Crippen LogP) is 3.49. The van der Waals surface area contributed by atoms with E-state index < -0.39 is 17.7 Å². The van der Waals surface area contributed by atoms with Crippen LogP contribution in [0, 0.1) is 11.6 Å². The molecule has 0 bridgehead atoms. The third kappa shape index (κ3) is 2.68. The van der Waals surface area contributed by atoms with Crippen molar-refractivity contribution in [2.75, 3.05) is 0 Å². The van der Waals surface area contributed by atoms with Crippen LogP contribution < -0.4 is 10.5 Å². The van der Waals surface area contributed by atoms with Crippen molar-refractivity contribution in [2.45, 2.75) is 19.1 Å². The summed E-state index contributed by atoms with van der Waals surface area (Å²) in [6.07, 6.45) is -0.493. The highest BCUT2D eigenvalue weighted by Gasteiger charge is 2.21. The van der Waals surface area contributed by atoms with Crippen LogP contribution in [0.15, 0.2) is 35.0 Å². The smallest absolute Gasteiger partial charge is 0.200 e. The molecule has 0 saturated carbocycles. The lowest BCUT2D eigenvalue weighted by Crippen LogP contribution is -2.29. The Kier molecular flexibility index (Phi) is 3.93. The molecule has 2 N–H and O–H groups in total. The number of nitrogens with two attached hydrogens (primary N) is 1. The maximum atomic E-state index is 13.5. The molecule has 0 aliphatic rings. The van der Waals surface area contributed by atoms with Gasteiger partial charge in [0, 0.05) is 11.6 Å². The number of rotatable bonds is 4. The van der Waals surface area contributed by atoms with Gasteiger partial charge in [-0.2, -0.15) is 15.7 Å². The molecule has 0 saturated heterocycles. The lowest BCUT2D eigenvalue weighted by molar-refractivity contribution is 0.171. The highest BCUT2D eigenvalue weighted by Crippen LogP contribution is 2.28. The summed E-state index contributed by atoms with van der Waals surface area (Å²) < 4.78 is 32.1. The van der Waals surface area contributed by atoms with Gasteiger partial charge in [-0.15, -0.1) is 0 Å². The molecule has 0 aliphatic carbocycles. The van der Waals surface area contributed by atoms with Gasteiger partial charge in [-0.05, 0) is 35.9 Å². The van der Waals surface area contributed by atoms with E-state index >= 15 is 0 Å². The summed E-state index contributed by atoms with van der Waals surface area (Å²) in [4.78, 5) is 0. The summed E-state index contributed by atoms with van der Waals surface area (Å²) in [7, 11) is 0. The molecule has 5 heteroatoms. The minimum atomic E-state index is -0.988. The second-order valence-electron chi connectivity index (χ2n) is 4.01. The quantitative estimate of drug-likeness (QED) is 0.922. The van der Waals surface area contributed by atoms with Crippen LogP contribution in [0.3, 0.4) is 0 Å². The minimum Gasteiger partial charge on any atom is -0.481 e. The van der Waals surface area contributed by atoms with Gasteiger partial charge in [0.15, 0.2) is 11.6 Å². The van der Waals surface area contributed by atoms with E-state index in [1.165, 1.54) is 23.5 Å². The second kappa shape index (κ2) is 5.46. The first-order valence-corrected chi connectivity index (χ1v) is 6.42. The summed E-state index contributed by atoms with van der Waals surface area (Å²) in [5.74, 6) is -2.04. The van der Waals surface area contributed by atoms with Crippen molar-refractivity contribution in [1.29, 1.82) is 0 Å². The summed E-state index contributed by atoms with van der Waals surface area (Å²) in [6.45, 7) is 1.76. The van der Waals surface area contributed by atoms with Crippen molar-refractivity contribution >= 4 is 11.3 Å². The highest BCUT2D eigenvalue weighted by molar-refractivity contribution is 7.07.